The molecular weight excluding hydrogens is 428 g/mol. The van der Waals surface area contributed by atoms with Crippen molar-refractivity contribution in [2.45, 2.75) is 44.6 Å². The Morgan fingerprint density at radius 3 is 2.71 bits per heavy atom. The molecular formula is C27H34N4O3. The van der Waals surface area contributed by atoms with Gasteiger partial charge in [-0.15, -0.1) is 0 Å². The number of likely N-dealkylation sites (N-methyl/N-ethyl adjacent to an activating group) is 1. The lowest BCUT2D eigenvalue weighted by Gasteiger charge is -2.34. The van der Waals surface area contributed by atoms with Crippen LogP contribution in [-0.4, -0.2) is 76.7 Å². The maximum absolute atomic E-state index is 13.2. The van der Waals surface area contributed by atoms with Gasteiger partial charge in [0.1, 0.15) is 11.4 Å². The van der Waals surface area contributed by atoms with Crippen LogP contribution in [0.15, 0.2) is 36.7 Å². The van der Waals surface area contributed by atoms with E-state index in [0.29, 0.717) is 24.6 Å². The zero-order chi connectivity index (χ0) is 23.7. The van der Waals surface area contributed by atoms with Crippen LogP contribution in [-0.2, 0) is 4.74 Å². The summed E-state index contributed by atoms with van der Waals surface area (Å²) in [6.07, 6.45) is 8.74. The van der Waals surface area contributed by atoms with Gasteiger partial charge in [-0.3, -0.25) is 4.79 Å². The number of hydrogen-bond acceptors (Lipinski definition) is 5. The summed E-state index contributed by atoms with van der Waals surface area (Å²) in [5.74, 6) is 0.257. The maximum Gasteiger partial charge on any atom is 0.257 e. The molecule has 180 valence electrons. The number of H-pyrrole nitrogens is 1. The molecule has 3 aromatic rings. The van der Waals surface area contributed by atoms with Gasteiger partial charge >= 0.3 is 0 Å². The van der Waals surface area contributed by atoms with Gasteiger partial charge in [-0.1, -0.05) is 25.8 Å². The number of rotatable bonds is 5. The van der Waals surface area contributed by atoms with E-state index >= 15 is 0 Å². The summed E-state index contributed by atoms with van der Waals surface area (Å²) in [4.78, 5) is 25.4. The van der Waals surface area contributed by atoms with Gasteiger partial charge in [0.05, 0.1) is 11.7 Å². The molecule has 7 nitrogen and oxygen atoms in total. The smallest absolute Gasteiger partial charge is 0.257 e. The second-order valence-electron chi connectivity index (χ2n) is 9.49. The van der Waals surface area contributed by atoms with Crippen LogP contribution in [0, 0.1) is 0 Å². The number of pyridine rings is 1. The second kappa shape index (κ2) is 9.76. The second-order valence-corrected chi connectivity index (χ2v) is 9.49. The first kappa shape index (κ1) is 22.9. The average Bonchev–Trinajstić information content (AvgIpc) is 3.31. The van der Waals surface area contributed by atoms with Crippen molar-refractivity contribution in [1.82, 2.24) is 19.8 Å². The third kappa shape index (κ3) is 4.30. The van der Waals surface area contributed by atoms with E-state index in [1.165, 1.54) is 18.4 Å². The monoisotopic (exact) mass is 462 g/mol. The summed E-state index contributed by atoms with van der Waals surface area (Å²) in [6, 6.07) is 7.43. The van der Waals surface area contributed by atoms with Crippen molar-refractivity contribution in [1.29, 1.82) is 0 Å². The molecule has 2 N–H and O–H groups in total. The van der Waals surface area contributed by atoms with Crippen LogP contribution in [0.1, 0.15) is 54.4 Å². The Kier molecular flexibility index (Phi) is 6.57. The van der Waals surface area contributed by atoms with E-state index in [1.807, 2.05) is 17.2 Å². The number of amides is 1. The number of piperazine rings is 1. The molecule has 34 heavy (non-hydrogen) atoms. The van der Waals surface area contributed by atoms with E-state index in [2.05, 4.69) is 34.1 Å². The minimum Gasteiger partial charge on any atom is -0.507 e. The number of hydrogen-bond donors (Lipinski definition) is 2. The molecule has 5 rings (SSSR count). The molecule has 7 heteroatoms. The molecule has 1 saturated carbocycles. The fourth-order valence-electron chi connectivity index (χ4n) is 5.55. The van der Waals surface area contributed by atoms with Gasteiger partial charge in [-0.05, 0) is 48.7 Å². The Labute approximate surface area is 200 Å². The molecule has 2 aromatic heterocycles. The van der Waals surface area contributed by atoms with Crippen LogP contribution in [0.2, 0.25) is 0 Å². The summed E-state index contributed by atoms with van der Waals surface area (Å²) >= 11 is 0. The Morgan fingerprint density at radius 2 is 1.94 bits per heavy atom. The van der Waals surface area contributed by atoms with Crippen LogP contribution >= 0.6 is 0 Å². The predicted molar refractivity (Wildman–Crippen MR) is 133 cm³/mol. The molecule has 2 fully saturated rings. The lowest BCUT2D eigenvalue weighted by molar-refractivity contribution is 0.0527. The number of methoxy groups -OCH3 is 1. The molecule has 1 aromatic carbocycles. The summed E-state index contributed by atoms with van der Waals surface area (Å²) in [5.41, 5.74) is 4.27. The number of aromatic hydroxyl groups is 1. The van der Waals surface area contributed by atoms with E-state index in [-0.39, 0.29) is 17.8 Å². The minimum absolute atomic E-state index is 0.0215. The van der Waals surface area contributed by atoms with Crippen LogP contribution in [0.5, 0.6) is 5.75 Å². The first-order chi connectivity index (χ1) is 16.6. The molecule has 2 aliphatic rings. The van der Waals surface area contributed by atoms with E-state index in [4.69, 9.17) is 4.74 Å². The van der Waals surface area contributed by atoms with Crippen molar-refractivity contribution in [2.24, 2.45) is 0 Å². The van der Waals surface area contributed by atoms with Crippen LogP contribution in [0.25, 0.3) is 22.2 Å². The fourth-order valence-corrected chi connectivity index (χ4v) is 5.55. The van der Waals surface area contributed by atoms with Gasteiger partial charge in [0, 0.05) is 62.6 Å². The van der Waals surface area contributed by atoms with Gasteiger partial charge in [-0.2, -0.15) is 0 Å². The number of aromatic amines is 1. The fraction of sp³-hybridized carbons (Fsp3) is 0.481. The number of carbonyl (C=O) groups excluding carboxylic acids is 1. The molecule has 1 amide bonds. The van der Waals surface area contributed by atoms with E-state index in [1.54, 1.807) is 19.2 Å². The Bertz CT molecular complexity index is 1170. The summed E-state index contributed by atoms with van der Waals surface area (Å²) in [7, 11) is 1.80. The van der Waals surface area contributed by atoms with Gasteiger partial charge < -0.3 is 24.6 Å². The minimum atomic E-state index is -0.114. The van der Waals surface area contributed by atoms with E-state index < -0.39 is 0 Å². The Balaban J connectivity index is 1.45. The average molecular weight is 463 g/mol. The highest BCUT2D eigenvalue weighted by molar-refractivity contribution is 5.98. The topological polar surface area (TPSA) is 81.7 Å². The van der Waals surface area contributed by atoms with E-state index in [9.17, 15) is 9.90 Å². The predicted octanol–water partition coefficient (Wildman–Crippen LogP) is 4.39. The molecule has 1 aliphatic heterocycles. The normalized spacial score (nSPS) is 21.8. The van der Waals surface area contributed by atoms with Crippen LogP contribution in [0.4, 0.5) is 0 Å². The molecule has 2 unspecified atom stereocenters. The first-order valence-electron chi connectivity index (χ1n) is 12.4. The SMILES string of the molecule is CCN1CCN(C(=O)c2cc(-c3cnc4[nH]cc(C5CCCCC5OC)c4c3)ccc2O)CC1. The summed E-state index contributed by atoms with van der Waals surface area (Å²) < 4.78 is 5.81. The number of phenols is 1. The Morgan fingerprint density at radius 1 is 1.15 bits per heavy atom. The summed E-state index contributed by atoms with van der Waals surface area (Å²) in [5, 5.41) is 11.6. The molecule has 0 spiro atoms. The highest BCUT2D eigenvalue weighted by Crippen LogP contribution is 2.39. The lowest BCUT2D eigenvalue weighted by atomic mass is 9.81. The first-order valence-corrected chi connectivity index (χ1v) is 12.4. The van der Waals surface area contributed by atoms with E-state index in [0.717, 1.165) is 54.6 Å². The quantitative estimate of drug-likeness (QED) is 0.588. The number of fused-ring (bicyclic) bond motifs is 1. The summed E-state index contributed by atoms with van der Waals surface area (Å²) in [6.45, 7) is 6.21. The number of ether oxygens (including phenoxy) is 1. The van der Waals surface area contributed by atoms with Gasteiger partial charge in [-0.25, -0.2) is 4.98 Å². The number of aromatic nitrogens is 2. The van der Waals surface area contributed by atoms with Crippen molar-refractivity contribution in [3.8, 4) is 16.9 Å². The zero-order valence-electron chi connectivity index (χ0n) is 20.1. The third-order valence-electron chi connectivity index (χ3n) is 7.63. The van der Waals surface area contributed by atoms with Crippen LogP contribution < -0.4 is 0 Å². The van der Waals surface area contributed by atoms with Crippen molar-refractivity contribution in [2.75, 3.05) is 39.8 Å². The standard InChI is InChI=1S/C27H34N4O3/c1-3-30-10-12-31(13-11-30)27(33)22-14-18(8-9-24(22)32)19-15-21-23(17-29-26(21)28-16-19)20-6-4-5-7-25(20)34-2/h8-9,14-17,20,25,32H,3-7,10-13H2,1-2H3,(H,28,29). The van der Waals surface area contributed by atoms with Crippen molar-refractivity contribution < 1.29 is 14.6 Å². The van der Waals surface area contributed by atoms with Gasteiger partial charge in [0.2, 0.25) is 0 Å². The number of nitrogens with one attached hydrogen (secondary N) is 1. The molecule has 0 radical (unpaired) electrons. The van der Waals surface area contributed by atoms with Crippen molar-refractivity contribution in [3.05, 3.63) is 47.8 Å². The van der Waals surface area contributed by atoms with Gasteiger partial charge in [0.25, 0.3) is 5.91 Å². The molecule has 1 aliphatic carbocycles. The Hall–Kier alpha value is -2.90. The molecule has 2 atom stereocenters. The van der Waals surface area contributed by atoms with Crippen molar-refractivity contribution >= 4 is 16.9 Å². The van der Waals surface area contributed by atoms with Crippen LogP contribution in [0.3, 0.4) is 0 Å². The lowest BCUT2D eigenvalue weighted by Crippen LogP contribution is -2.48. The number of benzene rings is 1. The highest BCUT2D eigenvalue weighted by Gasteiger charge is 2.29. The highest BCUT2D eigenvalue weighted by atomic mass is 16.5. The van der Waals surface area contributed by atoms with Gasteiger partial charge in [0.15, 0.2) is 0 Å². The molecule has 1 saturated heterocycles. The number of phenolic OH excluding ortho intramolecular Hbond substituents is 1. The number of nitrogens with zero attached hydrogens (tertiary/aromatic N) is 3. The third-order valence-corrected chi connectivity index (χ3v) is 7.63. The molecule has 0 bridgehead atoms. The molecule has 3 heterocycles. The largest absolute Gasteiger partial charge is 0.507 e. The maximum atomic E-state index is 13.2. The van der Waals surface area contributed by atoms with Crippen molar-refractivity contribution in [3.63, 3.8) is 0 Å². The number of carbonyl (C=O) groups is 1. The zero-order valence-corrected chi connectivity index (χ0v) is 20.1.